The Kier molecular flexibility index (Phi) is 5.20. The van der Waals surface area contributed by atoms with Crippen LogP contribution in [0.2, 0.25) is 0 Å². The summed E-state index contributed by atoms with van der Waals surface area (Å²) in [4.78, 5) is 12.0. The Balaban J connectivity index is 4.99. The normalized spacial score (nSPS) is 15.2. The van der Waals surface area contributed by atoms with E-state index in [4.69, 9.17) is 4.74 Å². The number of rotatable bonds is 4. The minimum absolute atomic E-state index is 0.00465. The van der Waals surface area contributed by atoms with Crippen molar-refractivity contribution in [1.82, 2.24) is 0 Å². The van der Waals surface area contributed by atoms with Crippen LogP contribution in [-0.2, 0) is 9.53 Å². The molecule has 0 heterocycles. The van der Waals surface area contributed by atoms with Crippen molar-refractivity contribution in [2.24, 2.45) is 17.8 Å². The van der Waals surface area contributed by atoms with Gasteiger partial charge in [-0.15, -0.1) is 0 Å². The van der Waals surface area contributed by atoms with Crippen molar-refractivity contribution < 1.29 is 14.6 Å². The molecule has 0 saturated carbocycles. The predicted molar refractivity (Wildman–Crippen MR) is 69.6 cm³/mol. The van der Waals surface area contributed by atoms with Crippen molar-refractivity contribution in [3.05, 3.63) is 0 Å². The number of hydrogen-bond donors (Lipinski definition) is 1. The van der Waals surface area contributed by atoms with Crippen LogP contribution in [0, 0.1) is 17.8 Å². The number of carbonyl (C=O) groups is 1. The van der Waals surface area contributed by atoms with Crippen LogP contribution in [0.4, 0.5) is 0 Å². The van der Waals surface area contributed by atoms with Crippen molar-refractivity contribution in [3.63, 3.8) is 0 Å². The summed E-state index contributed by atoms with van der Waals surface area (Å²) < 4.78 is 5.35. The third kappa shape index (κ3) is 3.98. The highest BCUT2D eigenvalue weighted by Gasteiger charge is 2.45. The lowest BCUT2D eigenvalue weighted by Gasteiger charge is -2.40. The smallest absolute Gasteiger partial charge is 0.312 e. The van der Waals surface area contributed by atoms with Gasteiger partial charge in [0.05, 0.1) is 11.5 Å². The Morgan fingerprint density at radius 1 is 1.00 bits per heavy atom. The van der Waals surface area contributed by atoms with Gasteiger partial charge in [-0.2, -0.15) is 0 Å². The molecule has 0 aromatic rings. The lowest BCUT2D eigenvalue weighted by atomic mass is 9.72. The first-order valence-corrected chi connectivity index (χ1v) is 6.38. The maximum Gasteiger partial charge on any atom is 0.312 e. The average Bonchev–Trinajstić information content (AvgIpc) is 2.11. The van der Waals surface area contributed by atoms with Crippen LogP contribution in [-0.4, -0.2) is 22.3 Å². The standard InChI is InChI=1S/C14H28O3/c1-9(2)14(16,10(3)4)11(5)12(15)17-13(6,7)8/h9-11,16H,1-8H3/t11-/m0/s1. The summed E-state index contributed by atoms with van der Waals surface area (Å²) in [5.41, 5.74) is -1.54. The fraction of sp³-hybridized carbons (Fsp3) is 0.929. The highest BCUT2D eigenvalue weighted by Crippen LogP contribution is 2.35. The molecule has 0 aliphatic rings. The highest BCUT2D eigenvalue weighted by atomic mass is 16.6. The number of aliphatic hydroxyl groups is 1. The van der Waals surface area contributed by atoms with Crippen LogP contribution in [0.5, 0.6) is 0 Å². The largest absolute Gasteiger partial charge is 0.460 e. The van der Waals surface area contributed by atoms with E-state index in [9.17, 15) is 9.90 Å². The van der Waals surface area contributed by atoms with E-state index >= 15 is 0 Å². The van der Waals surface area contributed by atoms with Gasteiger partial charge in [-0.3, -0.25) is 4.79 Å². The average molecular weight is 244 g/mol. The van der Waals surface area contributed by atoms with Crippen LogP contribution in [0.1, 0.15) is 55.4 Å². The third-order valence-corrected chi connectivity index (χ3v) is 3.30. The van der Waals surface area contributed by atoms with Gasteiger partial charge in [0.2, 0.25) is 0 Å². The Labute approximate surface area is 106 Å². The zero-order valence-electron chi connectivity index (χ0n) is 12.5. The fourth-order valence-corrected chi connectivity index (χ4v) is 2.25. The summed E-state index contributed by atoms with van der Waals surface area (Å²) in [5.74, 6) is -0.848. The fourth-order valence-electron chi connectivity index (χ4n) is 2.25. The Morgan fingerprint density at radius 2 is 1.35 bits per heavy atom. The first-order valence-electron chi connectivity index (χ1n) is 6.38. The molecule has 0 saturated heterocycles. The van der Waals surface area contributed by atoms with Crippen molar-refractivity contribution in [2.45, 2.75) is 66.6 Å². The SMILES string of the molecule is CC(C)C(O)(C(C)C)[C@@H](C)C(=O)OC(C)(C)C. The first-order chi connectivity index (χ1) is 7.43. The molecular formula is C14H28O3. The summed E-state index contributed by atoms with van der Waals surface area (Å²) in [5, 5.41) is 10.7. The predicted octanol–water partition coefficient (Wildman–Crippen LogP) is 3.01. The summed E-state index contributed by atoms with van der Waals surface area (Å²) in [6, 6.07) is 0. The molecule has 3 heteroatoms. The maximum absolute atomic E-state index is 12.0. The van der Waals surface area contributed by atoms with E-state index in [0.29, 0.717) is 0 Å². The molecule has 0 unspecified atom stereocenters. The summed E-state index contributed by atoms with van der Waals surface area (Å²) in [6.45, 7) is 15.0. The molecule has 17 heavy (non-hydrogen) atoms. The van der Waals surface area contributed by atoms with E-state index in [1.807, 2.05) is 48.5 Å². The van der Waals surface area contributed by atoms with E-state index in [0.717, 1.165) is 0 Å². The second-order valence-corrected chi connectivity index (χ2v) is 6.45. The van der Waals surface area contributed by atoms with Gasteiger partial charge in [-0.25, -0.2) is 0 Å². The number of hydrogen-bond acceptors (Lipinski definition) is 3. The quantitative estimate of drug-likeness (QED) is 0.773. The van der Waals surface area contributed by atoms with Gasteiger partial charge in [0.25, 0.3) is 0 Å². The minimum atomic E-state index is -1.03. The van der Waals surface area contributed by atoms with Crippen LogP contribution < -0.4 is 0 Å². The number of carbonyl (C=O) groups excluding carboxylic acids is 1. The lowest BCUT2D eigenvalue weighted by molar-refractivity contribution is -0.177. The van der Waals surface area contributed by atoms with Crippen LogP contribution in [0.3, 0.4) is 0 Å². The summed E-state index contributed by atoms with van der Waals surface area (Å²) in [6.07, 6.45) is 0. The zero-order chi connectivity index (χ0) is 14.0. The van der Waals surface area contributed by atoms with Gasteiger partial charge in [0.1, 0.15) is 5.60 Å². The van der Waals surface area contributed by atoms with Crippen molar-refractivity contribution in [3.8, 4) is 0 Å². The van der Waals surface area contributed by atoms with Gasteiger partial charge in [-0.05, 0) is 39.5 Å². The van der Waals surface area contributed by atoms with E-state index in [-0.39, 0.29) is 17.8 Å². The van der Waals surface area contributed by atoms with Crippen molar-refractivity contribution in [1.29, 1.82) is 0 Å². The van der Waals surface area contributed by atoms with Gasteiger partial charge in [0, 0.05) is 0 Å². The second kappa shape index (κ2) is 5.38. The molecule has 0 fully saturated rings. The maximum atomic E-state index is 12.0. The molecule has 0 aliphatic carbocycles. The summed E-state index contributed by atoms with van der Waals surface area (Å²) in [7, 11) is 0. The molecule has 0 aromatic carbocycles. The van der Waals surface area contributed by atoms with Gasteiger partial charge < -0.3 is 9.84 Å². The molecule has 1 atom stereocenters. The molecule has 0 radical (unpaired) electrons. The minimum Gasteiger partial charge on any atom is -0.460 e. The molecule has 0 spiro atoms. The van der Waals surface area contributed by atoms with E-state index < -0.39 is 17.1 Å². The molecular weight excluding hydrogens is 216 g/mol. The molecule has 0 rings (SSSR count). The first kappa shape index (κ1) is 16.4. The zero-order valence-corrected chi connectivity index (χ0v) is 12.5. The molecule has 3 nitrogen and oxygen atoms in total. The Morgan fingerprint density at radius 3 is 1.59 bits per heavy atom. The van der Waals surface area contributed by atoms with Crippen molar-refractivity contribution >= 4 is 5.97 Å². The van der Waals surface area contributed by atoms with Gasteiger partial charge in [-0.1, -0.05) is 27.7 Å². The molecule has 102 valence electrons. The Hall–Kier alpha value is -0.570. The third-order valence-electron chi connectivity index (χ3n) is 3.30. The molecule has 0 aromatic heterocycles. The molecule has 0 aliphatic heterocycles. The van der Waals surface area contributed by atoms with Gasteiger partial charge in [0.15, 0.2) is 0 Å². The molecule has 0 bridgehead atoms. The highest BCUT2D eigenvalue weighted by molar-refractivity contribution is 5.74. The number of esters is 1. The van der Waals surface area contributed by atoms with Crippen molar-refractivity contribution in [2.75, 3.05) is 0 Å². The second-order valence-electron chi connectivity index (χ2n) is 6.45. The summed E-state index contributed by atoms with van der Waals surface area (Å²) >= 11 is 0. The van der Waals surface area contributed by atoms with Crippen LogP contribution >= 0.6 is 0 Å². The van der Waals surface area contributed by atoms with E-state index in [1.54, 1.807) is 6.92 Å². The molecule has 1 N–H and O–H groups in total. The molecule has 0 amide bonds. The van der Waals surface area contributed by atoms with Crippen LogP contribution in [0.25, 0.3) is 0 Å². The monoisotopic (exact) mass is 244 g/mol. The van der Waals surface area contributed by atoms with Crippen LogP contribution in [0.15, 0.2) is 0 Å². The lowest BCUT2D eigenvalue weighted by Crippen LogP contribution is -2.51. The topological polar surface area (TPSA) is 46.5 Å². The van der Waals surface area contributed by atoms with E-state index in [2.05, 4.69) is 0 Å². The van der Waals surface area contributed by atoms with E-state index in [1.165, 1.54) is 0 Å². The Bertz CT molecular complexity index is 253. The number of ether oxygens (including phenoxy) is 1. The van der Waals surface area contributed by atoms with Gasteiger partial charge >= 0.3 is 5.97 Å².